The van der Waals surface area contributed by atoms with Crippen LogP contribution in [0.15, 0.2) is 29.6 Å². The normalized spacial score (nSPS) is 12.2. The van der Waals surface area contributed by atoms with E-state index in [2.05, 4.69) is 16.3 Å². The second-order valence-electron chi connectivity index (χ2n) is 5.28. The maximum absolute atomic E-state index is 12.5. The minimum absolute atomic E-state index is 0.106. The number of nitrogens with one attached hydrogen (secondary N) is 1. The number of hydrogen-bond donors (Lipinski definition) is 2. The summed E-state index contributed by atoms with van der Waals surface area (Å²) in [6.45, 7) is 0.484. The van der Waals surface area contributed by atoms with Crippen molar-refractivity contribution < 1.29 is 9.53 Å². The molecule has 2 aromatic rings. The Balaban J connectivity index is 2.14. The standard InChI is InChI=1S/C16H20ClN3O2S/c1-20(2)13(15-5-4-6-23-15)9-19-16(21)10-7-11(17)12(18)8-14(10)22-3/h4-8,13H,9,18H2,1-3H3,(H,19,21). The van der Waals surface area contributed by atoms with Crippen LogP contribution in [0.2, 0.25) is 5.02 Å². The molecule has 0 radical (unpaired) electrons. The Morgan fingerprint density at radius 1 is 1.48 bits per heavy atom. The van der Waals surface area contributed by atoms with E-state index in [0.29, 0.717) is 28.6 Å². The monoisotopic (exact) mass is 353 g/mol. The van der Waals surface area contributed by atoms with Crippen LogP contribution >= 0.6 is 22.9 Å². The number of amides is 1. The average molecular weight is 354 g/mol. The van der Waals surface area contributed by atoms with Gasteiger partial charge in [0.1, 0.15) is 5.75 Å². The highest BCUT2D eigenvalue weighted by atomic mass is 35.5. The average Bonchev–Trinajstić information content (AvgIpc) is 3.03. The quantitative estimate of drug-likeness (QED) is 0.783. The van der Waals surface area contributed by atoms with Crippen molar-refractivity contribution in [3.8, 4) is 5.75 Å². The third kappa shape index (κ3) is 4.16. The second kappa shape index (κ2) is 7.68. The fraction of sp³-hybridized carbons (Fsp3) is 0.312. The lowest BCUT2D eigenvalue weighted by Crippen LogP contribution is -2.34. The van der Waals surface area contributed by atoms with E-state index in [9.17, 15) is 4.79 Å². The van der Waals surface area contributed by atoms with Gasteiger partial charge in [0.05, 0.1) is 29.4 Å². The van der Waals surface area contributed by atoms with Crippen LogP contribution in [0.4, 0.5) is 5.69 Å². The Morgan fingerprint density at radius 2 is 2.22 bits per heavy atom. The largest absolute Gasteiger partial charge is 0.496 e. The minimum atomic E-state index is -0.243. The van der Waals surface area contributed by atoms with Crippen LogP contribution < -0.4 is 15.8 Å². The molecule has 5 nitrogen and oxygen atoms in total. The molecule has 1 amide bonds. The second-order valence-corrected chi connectivity index (χ2v) is 6.67. The molecule has 1 unspecified atom stereocenters. The first-order valence-corrected chi connectivity index (χ1v) is 8.30. The number of hydrogen-bond acceptors (Lipinski definition) is 5. The molecule has 2 rings (SSSR count). The fourth-order valence-electron chi connectivity index (χ4n) is 2.22. The van der Waals surface area contributed by atoms with Crippen molar-refractivity contribution in [3.05, 3.63) is 45.1 Å². The van der Waals surface area contributed by atoms with Crippen LogP contribution in [0.25, 0.3) is 0 Å². The molecule has 0 saturated heterocycles. The van der Waals surface area contributed by atoms with E-state index in [-0.39, 0.29) is 11.9 Å². The summed E-state index contributed by atoms with van der Waals surface area (Å²) >= 11 is 7.68. The van der Waals surface area contributed by atoms with Gasteiger partial charge in [0.15, 0.2) is 0 Å². The molecule has 0 aliphatic carbocycles. The Hall–Kier alpha value is -1.76. The van der Waals surface area contributed by atoms with Crippen LogP contribution in [0.5, 0.6) is 5.75 Å². The number of nitrogen functional groups attached to an aromatic ring is 1. The van der Waals surface area contributed by atoms with Gasteiger partial charge in [-0.2, -0.15) is 0 Å². The lowest BCUT2D eigenvalue weighted by molar-refractivity contribution is 0.0939. The van der Waals surface area contributed by atoms with Gasteiger partial charge < -0.3 is 20.7 Å². The first-order valence-electron chi connectivity index (χ1n) is 7.05. The molecule has 7 heteroatoms. The Labute approximate surface area is 145 Å². The van der Waals surface area contributed by atoms with Crippen molar-refractivity contribution in [2.45, 2.75) is 6.04 Å². The van der Waals surface area contributed by atoms with Crippen LogP contribution in [0.3, 0.4) is 0 Å². The summed E-state index contributed by atoms with van der Waals surface area (Å²) in [5.74, 6) is 0.161. The molecule has 1 atom stereocenters. The predicted molar refractivity (Wildman–Crippen MR) is 95.5 cm³/mol. The summed E-state index contributed by atoms with van der Waals surface area (Å²) in [7, 11) is 5.46. The molecule has 3 N–H and O–H groups in total. The van der Waals surface area contributed by atoms with Gasteiger partial charge >= 0.3 is 0 Å². The van der Waals surface area contributed by atoms with Gasteiger partial charge in [0.2, 0.25) is 0 Å². The number of rotatable bonds is 6. The Bertz CT molecular complexity index is 674. The number of thiophene rings is 1. The molecule has 1 aromatic heterocycles. The summed E-state index contributed by atoms with van der Waals surface area (Å²) in [4.78, 5) is 15.7. The van der Waals surface area contributed by atoms with E-state index in [1.54, 1.807) is 17.4 Å². The molecule has 0 fully saturated rings. The molecule has 0 spiro atoms. The number of halogens is 1. The van der Waals surface area contributed by atoms with E-state index >= 15 is 0 Å². The number of anilines is 1. The van der Waals surface area contributed by atoms with Crippen molar-refractivity contribution in [1.29, 1.82) is 0 Å². The number of benzene rings is 1. The zero-order chi connectivity index (χ0) is 17.0. The van der Waals surface area contributed by atoms with Crippen molar-refractivity contribution in [2.75, 3.05) is 33.5 Å². The molecule has 1 heterocycles. The van der Waals surface area contributed by atoms with Crippen molar-refractivity contribution >= 4 is 34.5 Å². The lowest BCUT2D eigenvalue weighted by atomic mass is 10.1. The highest BCUT2D eigenvalue weighted by Crippen LogP contribution is 2.29. The zero-order valence-electron chi connectivity index (χ0n) is 13.3. The van der Waals surface area contributed by atoms with E-state index in [0.717, 1.165) is 0 Å². The van der Waals surface area contributed by atoms with E-state index in [4.69, 9.17) is 22.1 Å². The molecule has 0 aliphatic rings. The highest BCUT2D eigenvalue weighted by molar-refractivity contribution is 7.10. The van der Waals surface area contributed by atoms with Crippen LogP contribution in [-0.2, 0) is 0 Å². The summed E-state index contributed by atoms with van der Waals surface area (Å²) in [6.07, 6.45) is 0. The van der Waals surface area contributed by atoms with Gasteiger partial charge in [0.25, 0.3) is 5.91 Å². The van der Waals surface area contributed by atoms with Crippen LogP contribution in [0, 0.1) is 0 Å². The maximum Gasteiger partial charge on any atom is 0.255 e. The summed E-state index contributed by atoms with van der Waals surface area (Å²) in [5.41, 5.74) is 6.49. The zero-order valence-corrected chi connectivity index (χ0v) is 14.9. The summed E-state index contributed by atoms with van der Waals surface area (Å²) in [6, 6.07) is 7.25. The van der Waals surface area contributed by atoms with Crippen LogP contribution in [-0.4, -0.2) is 38.6 Å². The predicted octanol–water partition coefficient (Wildman–Crippen LogP) is 3.03. The van der Waals surface area contributed by atoms with Gasteiger partial charge in [-0.05, 0) is 31.6 Å². The summed E-state index contributed by atoms with van der Waals surface area (Å²) in [5, 5.41) is 5.29. The fourth-order valence-corrected chi connectivity index (χ4v) is 3.30. The molecule has 23 heavy (non-hydrogen) atoms. The number of ether oxygens (including phenoxy) is 1. The topological polar surface area (TPSA) is 67.6 Å². The van der Waals surface area contributed by atoms with Gasteiger partial charge in [-0.3, -0.25) is 4.79 Å². The smallest absolute Gasteiger partial charge is 0.255 e. The first kappa shape index (κ1) is 17.6. The minimum Gasteiger partial charge on any atom is -0.496 e. The Morgan fingerprint density at radius 3 is 2.78 bits per heavy atom. The first-order chi connectivity index (χ1) is 10.9. The number of nitrogens with two attached hydrogens (primary N) is 1. The molecule has 0 aliphatic heterocycles. The number of carbonyl (C=O) groups is 1. The number of likely N-dealkylation sites (N-methyl/N-ethyl adjacent to an activating group) is 1. The van der Waals surface area contributed by atoms with Crippen molar-refractivity contribution in [1.82, 2.24) is 10.2 Å². The molecule has 0 saturated carbocycles. The molecule has 1 aromatic carbocycles. The third-order valence-corrected chi connectivity index (χ3v) is 4.82. The molecule has 0 bridgehead atoms. The van der Waals surface area contributed by atoms with E-state index in [1.165, 1.54) is 18.1 Å². The van der Waals surface area contributed by atoms with Crippen molar-refractivity contribution in [2.24, 2.45) is 0 Å². The van der Waals surface area contributed by atoms with Gasteiger partial charge in [-0.25, -0.2) is 0 Å². The van der Waals surface area contributed by atoms with Gasteiger partial charge in [0, 0.05) is 17.5 Å². The number of carbonyl (C=O) groups excluding carboxylic acids is 1. The van der Waals surface area contributed by atoms with Gasteiger partial charge in [-0.15, -0.1) is 11.3 Å². The SMILES string of the molecule is COc1cc(N)c(Cl)cc1C(=O)NCC(c1cccs1)N(C)C. The van der Waals surface area contributed by atoms with Gasteiger partial charge in [-0.1, -0.05) is 17.7 Å². The maximum atomic E-state index is 12.5. The van der Waals surface area contributed by atoms with E-state index in [1.807, 2.05) is 25.5 Å². The van der Waals surface area contributed by atoms with Crippen molar-refractivity contribution in [3.63, 3.8) is 0 Å². The lowest BCUT2D eigenvalue weighted by Gasteiger charge is -2.23. The highest BCUT2D eigenvalue weighted by Gasteiger charge is 2.19. The number of methoxy groups -OCH3 is 1. The molecular formula is C16H20ClN3O2S. The third-order valence-electron chi connectivity index (χ3n) is 3.51. The summed E-state index contributed by atoms with van der Waals surface area (Å²) < 4.78 is 5.22. The number of nitrogens with zero attached hydrogens (tertiary/aromatic N) is 1. The van der Waals surface area contributed by atoms with Crippen LogP contribution in [0.1, 0.15) is 21.3 Å². The molecule has 124 valence electrons. The Kier molecular flexibility index (Phi) is 5.87. The molecular weight excluding hydrogens is 334 g/mol. The van der Waals surface area contributed by atoms with E-state index < -0.39 is 0 Å².